The van der Waals surface area contributed by atoms with E-state index in [1.165, 1.54) is 0 Å². The van der Waals surface area contributed by atoms with E-state index < -0.39 is 46.0 Å². The largest absolute Gasteiger partial charge is 0.481 e. The van der Waals surface area contributed by atoms with E-state index in [-0.39, 0.29) is 13.0 Å². The van der Waals surface area contributed by atoms with Crippen molar-refractivity contribution in [1.29, 1.82) is 0 Å². The summed E-state index contributed by atoms with van der Waals surface area (Å²) in [6.07, 6.45) is 0.461. The lowest BCUT2D eigenvalue weighted by Gasteiger charge is -2.31. The molecular weight excluding hydrogens is 468 g/mol. The fourth-order valence-electron chi connectivity index (χ4n) is 3.06. The van der Waals surface area contributed by atoms with Gasteiger partial charge in [-0.15, -0.1) is 0 Å². The Morgan fingerprint density at radius 1 is 0.639 bits per heavy atom. The summed E-state index contributed by atoms with van der Waals surface area (Å²) < 4.78 is 22.3. The molecule has 0 aliphatic rings. The van der Waals surface area contributed by atoms with Crippen LogP contribution in [0.3, 0.4) is 0 Å². The van der Waals surface area contributed by atoms with E-state index in [1.807, 2.05) is 62.3 Å². The number of carboxylic acid groups (broad SMARTS) is 1. The van der Waals surface area contributed by atoms with Gasteiger partial charge in [-0.25, -0.2) is 9.59 Å². The number of amides is 2. The maximum absolute atomic E-state index is 12.3. The quantitative estimate of drug-likeness (QED) is 0.275. The summed E-state index contributed by atoms with van der Waals surface area (Å²) in [6.45, 7) is 21.1. The Morgan fingerprint density at radius 3 is 1.53 bits per heavy atom. The summed E-state index contributed by atoms with van der Waals surface area (Å²) in [5.74, 6) is -0.922. The zero-order valence-corrected chi connectivity index (χ0v) is 24.3. The SMILES string of the molecule is CC(C)(CCOC(C)(C)CC(=O)O)NC(=O)OCCC(C)(C)OCCC(C)(C)NC(=O)OC(C)(C)C. The Morgan fingerprint density at radius 2 is 1.08 bits per heavy atom. The number of aliphatic carboxylic acids is 1. The maximum atomic E-state index is 12.3. The molecule has 0 fully saturated rings. The van der Waals surface area contributed by atoms with Crippen molar-refractivity contribution in [3.63, 3.8) is 0 Å². The lowest BCUT2D eigenvalue weighted by molar-refractivity contribution is -0.143. The Bertz CT molecular complexity index is 724. The van der Waals surface area contributed by atoms with Crippen LogP contribution in [0.25, 0.3) is 0 Å². The van der Waals surface area contributed by atoms with Crippen LogP contribution >= 0.6 is 0 Å². The molecule has 0 unspecified atom stereocenters. The van der Waals surface area contributed by atoms with E-state index >= 15 is 0 Å². The Labute approximate surface area is 217 Å². The fraction of sp³-hybridized carbons (Fsp3) is 0.885. The number of ether oxygens (including phenoxy) is 4. The number of nitrogens with one attached hydrogen (secondary N) is 2. The van der Waals surface area contributed by atoms with Crippen LogP contribution in [0.5, 0.6) is 0 Å². The van der Waals surface area contributed by atoms with Crippen molar-refractivity contribution < 1.29 is 38.4 Å². The van der Waals surface area contributed by atoms with Crippen LogP contribution in [0.1, 0.15) is 102 Å². The molecule has 212 valence electrons. The smallest absolute Gasteiger partial charge is 0.408 e. The number of hydrogen-bond acceptors (Lipinski definition) is 7. The second-order valence-electron chi connectivity index (χ2n) is 12.7. The van der Waals surface area contributed by atoms with Crippen molar-refractivity contribution in [2.75, 3.05) is 19.8 Å². The van der Waals surface area contributed by atoms with Gasteiger partial charge in [-0.05, 0) is 89.0 Å². The van der Waals surface area contributed by atoms with Gasteiger partial charge in [0.2, 0.25) is 0 Å². The second-order valence-corrected chi connectivity index (χ2v) is 12.7. The summed E-state index contributed by atoms with van der Waals surface area (Å²) in [4.78, 5) is 35.2. The minimum atomic E-state index is -0.922. The number of hydrogen-bond donors (Lipinski definition) is 3. The van der Waals surface area contributed by atoms with Crippen LogP contribution in [0.2, 0.25) is 0 Å². The predicted octanol–water partition coefficient (Wildman–Crippen LogP) is 5.03. The number of carboxylic acids is 1. The minimum absolute atomic E-state index is 0.0987. The molecule has 0 bridgehead atoms. The molecule has 10 nitrogen and oxygen atoms in total. The van der Waals surface area contributed by atoms with E-state index in [4.69, 9.17) is 24.1 Å². The topological polar surface area (TPSA) is 132 Å². The lowest BCUT2D eigenvalue weighted by atomic mass is 10.0. The first kappa shape index (κ1) is 33.9. The van der Waals surface area contributed by atoms with Crippen LogP contribution in [0.15, 0.2) is 0 Å². The number of alkyl carbamates (subject to hydrolysis) is 2. The van der Waals surface area contributed by atoms with Crippen LogP contribution in [0, 0.1) is 0 Å². The minimum Gasteiger partial charge on any atom is -0.481 e. The fourth-order valence-corrected chi connectivity index (χ4v) is 3.06. The Kier molecular flexibility index (Phi) is 12.7. The lowest BCUT2D eigenvalue weighted by Crippen LogP contribution is -2.47. The van der Waals surface area contributed by atoms with Gasteiger partial charge in [0.1, 0.15) is 5.60 Å². The van der Waals surface area contributed by atoms with Crippen LogP contribution < -0.4 is 10.6 Å². The zero-order chi connectivity index (χ0) is 28.4. The van der Waals surface area contributed by atoms with Crippen molar-refractivity contribution in [2.24, 2.45) is 0 Å². The van der Waals surface area contributed by atoms with Gasteiger partial charge in [-0.2, -0.15) is 0 Å². The molecule has 0 rings (SSSR count). The molecule has 10 heteroatoms. The van der Waals surface area contributed by atoms with Gasteiger partial charge in [-0.1, -0.05) is 0 Å². The highest BCUT2D eigenvalue weighted by Gasteiger charge is 2.28. The van der Waals surface area contributed by atoms with E-state index in [2.05, 4.69) is 10.6 Å². The molecule has 0 saturated carbocycles. The molecule has 0 aromatic rings. The summed E-state index contributed by atoms with van der Waals surface area (Å²) >= 11 is 0. The highest BCUT2D eigenvalue weighted by atomic mass is 16.6. The highest BCUT2D eigenvalue weighted by Crippen LogP contribution is 2.19. The molecule has 0 heterocycles. The Hall–Kier alpha value is -2.07. The molecule has 0 aromatic carbocycles. The third-order valence-corrected chi connectivity index (χ3v) is 5.23. The highest BCUT2D eigenvalue weighted by molar-refractivity contribution is 5.69. The second kappa shape index (κ2) is 13.5. The molecule has 0 atom stereocenters. The Balaban J connectivity index is 4.35. The zero-order valence-electron chi connectivity index (χ0n) is 24.3. The van der Waals surface area contributed by atoms with Gasteiger partial charge < -0.3 is 34.7 Å². The molecule has 0 aromatic heterocycles. The maximum Gasteiger partial charge on any atom is 0.408 e. The number of carbonyl (C=O) groups excluding carboxylic acids is 2. The van der Waals surface area contributed by atoms with Gasteiger partial charge in [0, 0.05) is 30.7 Å². The average Bonchev–Trinajstić information content (AvgIpc) is 2.56. The van der Waals surface area contributed by atoms with Crippen LogP contribution in [-0.2, 0) is 23.7 Å². The van der Waals surface area contributed by atoms with Crippen molar-refractivity contribution >= 4 is 18.2 Å². The van der Waals surface area contributed by atoms with E-state index in [9.17, 15) is 14.4 Å². The predicted molar refractivity (Wildman–Crippen MR) is 138 cm³/mol. The first-order valence-corrected chi connectivity index (χ1v) is 12.5. The van der Waals surface area contributed by atoms with Gasteiger partial charge in [-0.3, -0.25) is 4.79 Å². The monoisotopic (exact) mass is 518 g/mol. The number of rotatable bonds is 15. The normalized spacial score (nSPS) is 13.2. The molecule has 0 spiro atoms. The van der Waals surface area contributed by atoms with E-state index in [0.29, 0.717) is 32.5 Å². The number of carbonyl (C=O) groups is 3. The van der Waals surface area contributed by atoms with Gasteiger partial charge in [0.25, 0.3) is 0 Å². The first-order valence-electron chi connectivity index (χ1n) is 12.5. The van der Waals surface area contributed by atoms with Gasteiger partial charge in [0.15, 0.2) is 0 Å². The van der Waals surface area contributed by atoms with Crippen molar-refractivity contribution in [2.45, 2.75) is 130 Å². The third kappa shape index (κ3) is 18.2. The third-order valence-electron chi connectivity index (χ3n) is 5.23. The molecule has 0 aliphatic heterocycles. The summed E-state index contributed by atoms with van der Waals surface area (Å²) in [7, 11) is 0. The summed E-state index contributed by atoms with van der Waals surface area (Å²) in [5.41, 5.74) is -2.97. The molecule has 36 heavy (non-hydrogen) atoms. The average molecular weight is 519 g/mol. The van der Waals surface area contributed by atoms with Gasteiger partial charge >= 0.3 is 18.2 Å². The van der Waals surface area contributed by atoms with Crippen molar-refractivity contribution in [3.8, 4) is 0 Å². The van der Waals surface area contributed by atoms with Gasteiger partial charge in [0.05, 0.1) is 24.2 Å². The molecular formula is C26H50N2O8. The summed E-state index contributed by atoms with van der Waals surface area (Å²) in [6, 6.07) is 0. The molecule has 2 amide bonds. The van der Waals surface area contributed by atoms with Crippen LogP contribution in [0.4, 0.5) is 9.59 Å². The van der Waals surface area contributed by atoms with Crippen LogP contribution in [-0.4, -0.2) is 71.0 Å². The van der Waals surface area contributed by atoms with Crippen molar-refractivity contribution in [1.82, 2.24) is 10.6 Å². The molecule has 0 saturated heterocycles. The van der Waals surface area contributed by atoms with E-state index in [1.54, 1.807) is 13.8 Å². The molecule has 3 N–H and O–H groups in total. The molecule has 0 radical (unpaired) electrons. The van der Waals surface area contributed by atoms with Crippen molar-refractivity contribution in [3.05, 3.63) is 0 Å². The van der Waals surface area contributed by atoms with E-state index in [0.717, 1.165) is 0 Å². The molecule has 0 aliphatic carbocycles. The first-order chi connectivity index (χ1) is 16.0. The standard InChI is InChI=1S/C26H50N2O8/c1-22(2,3)36-21(32)28-24(6,7)12-16-34-25(8,9)14-15-33-20(31)27-23(4,5)13-17-35-26(10,11)18-19(29)30/h12-18H2,1-11H3,(H,27,31)(H,28,32)(H,29,30). The summed E-state index contributed by atoms with van der Waals surface area (Å²) in [5, 5.41) is 14.6.